The van der Waals surface area contributed by atoms with E-state index in [0.29, 0.717) is 5.56 Å². The van der Waals surface area contributed by atoms with E-state index in [1.807, 2.05) is 6.92 Å². The highest BCUT2D eigenvalue weighted by molar-refractivity contribution is 7.10. The molecule has 6 nitrogen and oxygen atoms in total. The SMILES string of the molecule is Cc1cc(C(=O)NN2C(=O)C3C4CCC(O4)C3C2=O)cs1. The van der Waals surface area contributed by atoms with E-state index in [0.717, 1.165) is 22.7 Å². The zero-order chi connectivity index (χ0) is 14.7. The zero-order valence-corrected chi connectivity index (χ0v) is 12.2. The minimum atomic E-state index is -0.422. The highest BCUT2D eigenvalue weighted by Crippen LogP contribution is 2.48. The van der Waals surface area contributed by atoms with Crippen molar-refractivity contribution in [1.29, 1.82) is 0 Å². The highest BCUT2D eigenvalue weighted by atomic mass is 32.1. The maximum atomic E-state index is 12.4. The van der Waals surface area contributed by atoms with Crippen molar-refractivity contribution in [2.24, 2.45) is 11.8 Å². The Balaban J connectivity index is 1.55. The van der Waals surface area contributed by atoms with E-state index >= 15 is 0 Å². The van der Waals surface area contributed by atoms with Gasteiger partial charge in [0.2, 0.25) is 0 Å². The average molecular weight is 306 g/mol. The minimum absolute atomic E-state index is 0.165. The molecule has 1 N–H and O–H groups in total. The number of ether oxygens (including phenoxy) is 1. The lowest BCUT2D eigenvalue weighted by Crippen LogP contribution is -2.47. The van der Waals surface area contributed by atoms with Crippen LogP contribution in [0, 0.1) is 18.8 Å². The number of aryl methyl sites for hydroxylation is 1. The predicted molar refractivity (Wildman–Crippen MR) is 73.3 cm³/mol. The Labute approximate surface area is 125 Å². The molecule has 7 heteroatoms. The molecule has 3 saturated heterocycles. The van der Waals surface area contributed by atoms with Gasteiger partial charge in [0.15, 0.2) is 0 Å². The Hall–Kier alpha value is -1.73. The van der Waals surface area contributed by atoms with E-state index in [1.54, 1.807) is 11.4 Å². The standard InChI is InChI=1S/C14H14N2O4S/c1-6-4-7(5-21-6)12(17)15-16-13(18)10-8-2-3-9(20-8)11(10)14(16)19/h4-5,8-11H,2-3H2,1H3,(H,15,17). The van der Waals surface area contributed by atoms with Crippen LogP contribution in [-0.2, 0) is 14.3 Å². The van der Waals surface area contributed by atoms with Crippen LogP contribution >= 0.6 is 11.3 Å². The minimum Gasteiger partial charge on any atom is -0.373 e. The lowest BCUT2D eigenvalue weighted by Gasteiger charge is -2.17. The van der Waals surface area contributed by atoms with E-state index < -0.39 is 17.7 Å². The summed E-state index contributed by atoms with van der Waals surface area (Å²) in [5, 5.41) is 2.61. The van der Waals surface area contributed by atoms with Gasteiger partial charge in [-0.3, -0.25) is 19.8 Å². The summed E-state index contributed by atoms with van der Waals surface area (Å²) in [6.07, 6.45) is 1.30. The number of nitrogens with one attached hydrogen (secondary N) is 1. The average Bonchev–Trinajstić information content (AvgIpc) is 3.19. The van der Waals surface area contributed by atoms with Gasteiger partial charge < -0.3 is 4.74 Å². The fourth-order valence-corrected chi connectivity index (χ4v) is 4.23. The molecule has 2 bridgehead atoms. The summed E-state index contributed by atoms with van der Waals surface area (Å²) in [4.78, 5) is 37.9. The number of fused-ring (bicyclic) bond motifs is 5. The smallest absolute Gasteiger partial charge is 0.271 e. The summed E-state index contributed by atoms with van der Waals surface area (Å²) in [7, 11) is 0. The summed E-state index contributed by atoms with van der Waals surface area (Å²) in [6.45, 7) is 1.90. The van der Waals surface area contributed by atoms with Gasteiger partial charge in [-0.1, -0.05) is 0 Å². The van der Waals surface area contributed by atoms with Crippen LogP contribution in [0.1, 0.15) is 28.1 Å². The Kier molecular flexibility index (Phi) is 2.71. The van der Waals surface area contributed by atoms with Gasteiger partial charge in [0.1, 0.15) is 0 Å². The Bertz CT molecular complexity index is 627. The van der Waals surface area contributed by atoms with Crippen molar-refractivity contribution in [1.82, 2.24) is 10.4 Å². The lowest BCUT2D eigenvalue weighted by molar-refractivity contribution is -0.145. The van der Waals surface area contributed by atoms with Crippen LogP contribution in [-0.4, -0.2) is 34.9 Å². The summed E-state index contributed by atoms with van der Waals surface area (Å²) < 4.78 is 5.64. The second kappa shape index (κ2) is 4.38. The number of rotatable bonds is 2. The molecule has 1 aromatic heterocycles. The Morgan fingerprint density at radius 3 is 2.43 bits per heavy atom. The van der Waals surface area contributed by atoms with E-state index in [2.05, 4.69) is 5.43 Å². The van der Waals surface area contributed by atoms with Crippen LogP contribution < -0.4 is 5.43 Å². The van der Waals surface area contributed by atoms with Crippen molar-refractivity contribution in [3.8, 4) is 0 Å². The molecule has 1 aromatic rings. The molecule has 3 amide bonds. The van der Waals surface area contributed by atoms with E-state index in [4.69, 9.17) is 4.74 Å². The van der Waals surface area contributed by atoms with E-state index in [1.165, 1.54) is 11.3 Å². The van der Waals surface area contributed by atoms with Gasteiger partial charge in [-0.15, -0.1) is 11.3 Å². The first-order chi connectivity index (χ1) is 10.1. The van der Waals surface area contributed by atoms with Crippen LogP contribution in [0.15, 0.2) is 11.4 Å². The number of hydrogen-bond acceptors (Lipinski definition) is 5. The fourth-order valence-electron chi connectivity index (χ4n) is 3.55. The van der Waals surface area contributed by atoms with E-state index in [9.17, 15) is 14.4 Å². The number of hydrazine groups is 1. The number of amides is 3. The maximum absolute atomic E-state index is 12.4. The van der Waals surface area contributed by atoms with Crippen molar-refractivity contribution in [2.75, 3.05) is 0 Å². The third-order valence-electron chi connectivity index (χ3n) is 4.49. The van der Waals surface area contributed by atoms with Gasteiger partial charge >= 0.3 is 0 Å². The number of carbonyl (C=O) groups excluding carboxylic acids is 3. The lowest BCUT2D eigenvalue weighted by atomic mass is 9.81. The van der Waals surface area contributed by atoms with Crippen molar-refractivity contribution in [3.63, 3.8) is 0 Å². The van der Waals surface area contributed by atoms with Gasteiger partial charge in [0, 0.05) is 10.3 Å². The quantitative estimate of drug-likeness (QED) is 0.822. The summed E-state index contributed by atoms with van der Waals surface area (Å²) in [6, 6.07) is 1.73. The summed E-state index contributed by atoms with van der Waals surface area (Å²) in [5.74, 6) is -1.93. The van der Waals surface area contributed by atoms with Crippen LogP contribution in [0.5, 0.6) is 0 Å². The normalized spacial score (nSPS) is 33.7. The molecule has 21 heavy (non-hydrogen) atoms. The third-order valence-corrected chi connectivity index (χ3v) is 5.35. The molecule has 0 aromatic carbocycles. The molecule has 4 unspecified atom stereocenters. The number of hydrogen-bond donors (Lipinski definition) is 1. The molecule has 0 spiro atoms. The topological polar surface area (TPSA) is 75.7 Å². The molecule has 0 aliphatic carbocycles. The summed E-state index contributed by atoms with van der Waals surface area (Å²) >= 11 is 1.45. The van der Waals surface area contributed by atoms with Gasteiger partial charge in [0.05, 0.1) is 29.6 Å². The first-order valence-electron chi connectivity index (χ1n) is 6.95. The monoisotopic (exact) mass is 306 g/mol. The third kappa shape index (κ3) is 1.77. The molecular weight excluding hydrogens is 292 g/mol. The second-order valence-corrected chi connectivity index (χ2v) is 6.86. The largest absolute Gasteiger partial charge is 0.373 e. The van der Waals surface area contributed by atoms with Crippen molar-refractivity contribution >= 4 is 29.1 Å². The first-order valence-corrected chi connectivity index (χ1v) is 7.83. The number of thiophene rings is 1. The van der Waals surface area contributed by atoms with Gasteiger partial charge in [-0.2, -0.15) is 5.01 Å². The molecule has 4 heterocycles. The molecule has 3 fully saturated rings. The highest BCUT2D eigenvalue weighted by Gasteiger charge is 2.62. The predicted octanol–water partition coefficient (Wildman–Crippen LogP) is 0.864. The molecule has 0 radical (unpaired) electrons. The van der Waals surface area contributed by atoms with Crippen molar-refractivity contribution in [2.45, 2.75) is 32.0 Å². The first kappa shape index (κ1) is 13.0. The molecule has 3 aliphatic heterocycles. The molecule has 110 valence electrons. The number of carbonyl (C=O) groups is 3. The van der Waals surface area contributed by atoms with Crippen LogP contribution in [0.2, 0.25) is 0 Å². The zero-order valence-electron chi connectivity index (χ0n) is 11.4. The number of imide groups is 1. The van der Waals surface area contributed by atoms with Gasteiger partial charge in [-0.25, -0.2) is 0 Å². The maximum Gasteiger partial charge on any atom is 0.271 e. The second-order valence-electron chi connectivity index (χ2n) is 5.74. The molecule has 3 aliphatic rings. The van der Waals surface area contributed by atoms with Gasteiger partial charge in [-0.05, 0) is 25.8 Å². The van der Waals surface area contributed by atoms with Gasteiger partial charge in [0.25, 0.3) is 17.7 Å². The fraction of sp³-hybridized carbons (Fsp3) is 0.500. The Morgan fingerprint density at radius 1 is 1.29 bits per heavy atom. The molecule has 4 atom stereocenters. The van der Waals surface area contributed by atoms with Crippen LogP contribution in [0.4, 0.5) is 0 Å². The molecule has 4 rings (SSSR count). The van der Waals surface area contributed by atoms with Crippen LogP contribution in [0.25, 0.3) is 0 Å². The molecular formula is C14H14N2O4S. The van der Waals surface area contributed by atoms with E-state index in [-0.39, 0.29) is 24.0 Å². The Morgan fingerprint density at radius 2 is 1.90 bits per heavy atom. The summed E-state index contributed by atoms with van der Waals surface area (Å²) in [5.41, 5.74) is 2.92. The molecule has 0 saturated carbocycles. The van der Waals surface area contributed by atoms with Crippen LogP contribution in [0.3, 0.4) is 0 Å². The number of nitrogens with zero attached hydrogens (tertiary/aromatic N) is 1. The van der Waals surface area contributed by atoms with Crippen molar-refractivity contribution < 1.29 is 19.1 Å². The van der Waals surface area contributed by atoms with Crippen molar-refractivity contribution in [3.05, 3.63) is 21.9 Å².